The van der Waals surface area contributed by atoms with Gasteiger partial charge in [0.15, 0.2) is 0 Å². The monoisotopic (exact) mass is 265 g/mol. The van der Waals surface area contributed by atoms with Gasteiger partial charge < -0.3 is 10.2 Å². The van der Waals surface area contributed by atoms with Gasteiger partial charge in [0.1, 0.15) is 5.82 Å². The Morgan fingerprint density at radius 2 is 2.06 bits per heavy atom. The molecule has 0 radical (unpaired) electrons. The molecular formula is C14H20ClN3. The van der Waals surface area contributed by atoms with Crippen molar-refractivity contribution in [1.29, 1.82) is 0 Å². The van der Waals surface area contributed by atoms with E-state index in [-0.39, 0.29) is 0 Å². The maximum absolute atomic E-state index is 6.22. The Kier molecular flexibility index (Phi) is 3.71. The lowest BCUT2D eigenvalue weighted by atomic mass is 10.1. The second kappa shape index (κ2) is 5.45. The van der Waals surface area contributed by atoms with E-state index < -0.39 is 0 Å². The third-order valence-corrected chi connectivity index (χ3v) is 4.10. The van der Waals surface area contributed by atoms with Crippen LogP contribution >= 0.6 is 11.6 Å². The quantitative estimate of drug-likeness (QED) is 0.907. The summed E-state index contributed by atoms with van der Waals surface area (Å²) in [6, 6.07) is 2.87. The summed E-state index contributed by atoms with van der Waals surface area (Å²) in [6.45, 7) is 3.13. The number of hydrogen-bond donors (Lipinski definition) is 1. The molecule has 3 rings (SSSR count). The summed E-state index contributed by atoms with van der Waals surface area (Å²) in [4.78, 5) is 6.85. The Bertz CT molecular complexity index is 412. The fraction of sp³-hybridized carbons (Fsp3) is 0.643. The zero-order valence-corrected chi connectivity index (χ0v) is 11.4. The molecule has 1 aromatic rings. The first-order chi connectivity index (χ1) is 8.83. The molecule has 0 amide bonds. The van der Waals surface area contributed by atoms with Crippen molar-refractivity contribution in [2.24, 2.45) is 0 Å². The van der Waals surface area contributed by atoms with Gasteiger partial charge in [0, 0.05) is 31.9 Å². The Labute approximate surface area is 114 Å². The first kappa shape index (κ1) is 12.2. The van der Waals surface area contributed by atoms with Crippen LogP contribution in [-0.2, 0) is 6.54 Å². The van der Waals surface area contributed by atoms with E-state index in [9.17, 15) is 0 Å². The number of anilines is 1. The summed E-state index contributed by atoms with van der Waals surface area (Å²) in [5, 5.41) is 4.29. The number of nitrogens with zero attached hydrogens (tertiary/aromatic N) is 2. The predicted octanol–water partition coefficient (Wildman–Crippen LogP) is 2.98. The molecule has 18 heavy (non-hydrogen) atoms. The van der Waals surface area contributed by atoms with Crippen molar-refractivity contribution in [2.75, 3.05) is 18.0 Å². The molecule has 1 aromatic heterocycles. The van der Waals surface area contributed by atoms with Crippen LogP contribution in [0.25, 0.3) is 0 Å². The standard InChI is InChI=1S/C14H20ClN3/c15-13-10-17-14(18-6-2-1-3-7-18)8-11(13)9-16-12-4-5-12/h8,10,12,16H,1-7,9H2. The van der Waals surface area contributed by atoms with Gasteiger partial charge in [0.05, 0.1) is 5.02 Å². The number of piperidine rings is 1. The number of halogens is 1. The molecule has 3 nitrogen and oxygen atoms in total. The maximum atomic E-state index is 6.22. The van der Waals surface area contributed by atoms with Crippen molar-refractivity contribution in [2.45, 2.75) is 44.7 Å². The number of pyridine rings is 1. The Morgan fingerprint density at radius 1 is 1.28 bits per heavy atom. The van der Waals surface area contributed by atoms with Crippen LogP contribution in [-0.4, -0.2) is 24.1 Å². The maximum Gasteiger partial charge on any atom is 0.128 e. The van der Waals surface area contributed by atoms with Crippen molar-refractivity contribution in [3.8, 4) is 0 Å². The molecule has 1 aliphatic carbocycles. The van der Waals surface area contributed by atoms with Crippen molar-refractivity contribution in [1.82, 2.24) is 10.3 Å². The van der Waals surface area contributed by atoms with Crippen LogP contribution < -0.4 is 10.2 Å². The van der Waals surface area contributed by atoms with E-state index >= 15 is 0 Å². The van der Waals surface area contributed by atoms with E-state index in [1.54, 1.807) is 6.20 Å². The number of aromatic nitrogens is 1. The molecule has 1 aliphatic heterocycles. The van der Waals surface area contributed by atoms with Gasteiger partial charge in [-0.05, 0) is 43.7 Å². The minimum absolute atomic E-state index is 0.715. The van der Waals surface area contributed by atoms with Crippen LogP contribution in [0.4, 0.5) is 5.82 Å². The first-order valence-corrected chi connectivity index (χ1v) is 7.33. The topological polar surface area (TPSA) is 28.2 Å². The van der Waals surface area contributed by atoms with Crippen molar-refractivity contribution < 1.29 is 0 Å². The highest BCUT2D eigenvalue weighted by molar-refractivity contribution is 6.31. The number of nitrogens with one attached hydrogen (secondary N) is 1. The second-order valence-electron chi connectivity index (χ2n) is 5.34. The molecule has 0 spiro atoms. The molecule has 2 fully saturated rings. The van der Waals surface area contributed by atoms with Crippen molar-refractivity contribution in [3.05, 3.63) is 22.8 Å². The van der Waals surface area contributed by atoms with Crippen LogP contribution in [0.2, 0.25) is 5.02 Å². The van der Waals surface area contributed by atoms with Gasteiger partial charge in [-0.15, -0.1) is 0 Å². The highest BCUT2D eigenvalue weighted by atomic mass is 35.5. The summed E-state index contributed by atoms with van der Waals surface area (Å²) in [7, 11) is 0. The molecule has 0 unspecified atom stereocenters. The third-order valence-electron chi connectivity index (χ3n) is 3.76. The largest absolute Gasteiger partial charge is 0.357 e. The Balaban J connectivity index is 1.71. The van der Waals surface area contributed by atoms with Gasteiger partial charge in [-0.2, -0.15) is 0 Å². The molecule has 0 aromatic carbocycles. The van der Waals surface area contributed by atoms with E-state index in [4.69, 9.17) is 11.6 Å². The van der Waals surface area contributed by atoms with Crippen LogP contribution in [0.3, 0.4) is 0 Å². The highest BCUT2D eigenvalue weighted by Gasteiger charge is 2.21. The average Bonchev–Trinajstić information content (AvgIpc) is 3.23. The van der Waals surface area contributed by atoms with Gasteiger partial charge in [-0.1, -0.05) is 11.6 Å². The summed E-state index contributed by atoms with van der Waals surface area (Å²) in [6.07, 6.45) is 8.32. The fourth-order valence-electron chi connectivity index (χ4n) is 2.44. The smallest absolute Gasteiger partial charge is 0.128 e. The Morgan fingerprint density at radius 3 is 2.78 bits per heavy atom. The lowest BCUT2D eigenvalue weighted by Gasteiger charge is -2.28. The number of rotatable bonds is 4. The van der Waals surface area contributed by atoms with Crippen molar-refractivity contribution in [3.63, 3.8) is 0 Å². The van der Waals surface area contributed by atoms with E-state index in [0.717, 1.165) is 30.5 Å². The van der Waals surface area contributed by atoms with Gasteiger partial charge >= 0.3 is 0 Å². The molecule has 2 aliphatic rings. The zero-order chi connectivity index (χ0) is 12.4. The third kappa shape index (κ3) is 2.96. The average molecular weight is 266 g/mol. The van der Waals surface area contributed by atoms with Gasteiger partial charge in [0.2, 0.25) is 0 Å². The Hall–Kier alpha value is -0.800. The first-order valence-electron chi connectivity index (χ1n) is 6.96. The lowest BCUT2D eigenvalue weighted by Crippen LogP contribution is -2.30. The van der Waals surface area contributed by atoms with E-state index in [2.05, 4.69) is 21.3 Å². The van der Waals surface area contributed by atoms with Crippen LogP contribution in [0, 0.1) is 0 Å². The molecule has 1 saturated heterocycles. The molecular weight excluding hydrogens is 246 g/mol. The highest BCUT2D eigenvalue weighted by Crippen LogP contribution is 2.25. The van der Waals surface area contributed by atoms with Crippen LogP contribution in [0.5, 0.6) is 0 Å². The lowest BCUT2D eigenvalue weighted by molar-refractivity contribution is 0.573. The summed E-state index contributed by atoms with van der Waals surface area (Å²) < 4.78 is 0. The molecule has 98 valence electrons. The van der Waals surface area contributed by atoms with Crippen molar-refractivity contribution >= 4 is 17.4 Å². The molecule has 2 heterocycles. The second-order valence-corrected chi connectivity index (χ2v) is 5.74. The minimum Gasteiger partial charge on any atom is -0.357 e. The summed E-state index contributed by atoms with van der Waals surface area (Å²) in [5.74, 6) is 1.09. The van der Waals surface area contributed by atoms with Crippen LogP contribution in [0.1, 0.15) is 37.7 Å². The SMILES string of the molecule is Clc1cnc(N2CCCCC2)cc1CNC1CC1. The van der Waals surface area contributed by atoms with Gasteiger partial charge in [-0.3, -0.25) is 0 Å². The molecule has 0 atom stereocenters. The molecule has 4 heteroatoms. The normalized spacial score (nSPS) is 20.2. The van der Waals surface area contributed by atoms with Gasteiger partial charge in [-0.25, -0.2) is 4.98 Å². The predicted molar refractivity (Wildman–Crippen MR) is 75.2 cm³/mol. The zero-order valence-electron chi connectivity index (χ0n) is 10.7. The minimum atomic E-state index is 0.715. The fourth-order valence-corrected chi connectivity index (χ4v) is 2.61. The summed E-state index contributed by atoms with van der Waals surface area (Å²) in [5.41, 5.74) is 1.18. The molecule has 1 saturated carbocycles. The van der Waals surface area contributed by atoms with Crippen LogP contribution in [0.15, 0.2) is 12.3 Å². The van der Waals surface area contributed by atoms with Gasteiger partial charge in [0.25, 0.3) is 0 Å². The van der Waals surface area contributed by atoms with E-state index in [1.165, 1.54) is 37.7 Å². The van der Waals surface area contributed by atoms with E-state index in [0.29, 0.717) is 6.04 Å². The number of hydrogen-bond acceptors (Lipinski definition) is 3. The summed E-state index contributed by atoms with van der Waals surface area (Å²) >= 11 is 6.22. The van der Waals surface area contributed by atoms with E-state index in [1.807, 2.05) is 0 Å². The molecule has 1 N–H and O–H groups in total. The molecule has 0 bridgehead atoms.